The van der Waals surface area contributed by atoms with Crippen LogP contribution >= 0.6 is 0 Å². The Morgan fingerprint density at radius 2 is 1.16 bits per heavy atom. The van der Waals surface area contributed by atoms with Gasteiger partial charge in [-0.25, -0.2) is 4.99 Å². The van der Waals surface area contributed by atoms with Crippen molar-refractivity contribution in [1.29, 1.82) is 0 Å². The van der Waals surface area contributed by atoms with E-state index < -0.39 is 30.0 Å². The van der Waals surface area contributed by atoms with Crippen molar-refractivity contribution in [2.45, 2.75) is 105 Å². The Labute approximate surface area is 375 Å². The minimum absolute atomic E-state index is 0.0497. The highest BCUT2D eigenvalue weighted by molar-refractivity contribution is 7.86. The summed E-state index contributed by atoms with van der Waals surface area (Å²) >= 11 is 0. The number of aryl methyl sites for hydroxylation is 4. The fraction of sp³-hybridized carbons (Fsp3) is 0.327. The highest BCUT2D eigenvalue weighted by Crippen LogP contribution is 2.45. The lowest BCUT2D eigenvalue weighted by Crippen LogP contribution is -2.23. The number of rotatable bonds is 14. The molecule has 0 fully saturated rings. The Balaban J connectivity index is 1.63. The molecule has 338 valence electrons. The number of amides is 2. The summed E-state index contributed by atoms with van der Waals surface area (Å²) in [7, 11) is -9.79. The Hall–Kier alpha value is -5.87. The van der Waals surface area contributed by atoms with Gasteiger partial charge in [-0.3, -0.25) is 18.7 Å². The lowest BCUT2D eigenvalue weighted by atomic mass is 9.93. The molecule has 64 heavy (non-hydrogen) atoms. The first-order chi connectivity index (χ1) is 30.1. The van der Waals surface area contributed by atoms with Crippen LogP contribution in [0.4, 0.5) is 28.4 Å². The van der Waals surface area contributed by atoms with Gasteiger partial charge in [0.1, 0.15) is 21.1 Å². The van der Waals surface area contributed by atoms with Gasteiger partial charge in [0.05, 0.1) is 16.7 Å². The van der Waals surface area contributed by atoms with Crippen LogP contribution in [0.2, 0.25) is 0 Å². The van der Waals surface area contributed by atoms with E-state index in [0.717, 1.165) is 27.8 Å². The lowest BCUT2D eigenvalue weighted by Gasteiger charge is -2.22. The molecular weight excluding hydrogens is 853 g/mol. The number of benzene rings is 5. The monoisotopic (exact) mass is 908 g/mol. The van der Waals surface area contributed by atoms with Crippen molar-refractivity contribution < 1.29 is 39.9 Å². The number of fused-ring (bicyclic) bond motifs is 2. The van der Waals surface area contributed by atoms with Crippen molar-refractivity contribution in [2.75, 3.05) is 16.0 Å². The molecule has 1 heterocycles. The Bertz CT molecular complexity index is 3090. The predicted octanol–water partition coefficient (Wildman–Crippen LogP) is 11.3. The van der Waals surface area contributed by atoms with Gasteiger partial charge in [0.2, 0.25) is 11.8 Å². The van der Waals surface area contributed by atoms with Crippen LogP contribution in [0.3, 0.4) is 0 Å². The van der Waals surface area contributed by atoms with E-state index in [0.29, 0.717) is 64.9 Å². The second kappa shape index (κ2) is 18.7. The SMILES string of the molecule is CCC(CC)C(=O)Nc1c(C)cc(C)c(/N=c2/ccc3c(-c4ccccc4S(=O)(=O)O)c4cc(S(=O)(=O)O)c(Nc5c(C)cc(C)c(NC(=O)C(CC)CC)c5C)cc4oc-3c2)c1C. The minimum Gasteiger partial charge on any atom is -0.456 e. The zero-order valence-corrected chi connectivity index (χ0v) is 39.5. The number of hydrogen-bond donors (Lipinski definition) is 5. The molecule has 4 aromatic rings. The summed E-state index contributed by atoms with van der Waals surface area (Å²) in [6, 6.07) is 17.2. The standard InChI is InChI=1S/C49H56N4O9S2/c1-11-32(12-2)48(54)52-46-28(7)21-26(5)44(30(46)9)50-34-19-20-35-39(23-34)62-40-25-38(51-45-27(6)22-29(8)47(31(45)10)53-49(55)33(13-3)14-4)42(64(59,60)61)24-37(40)43(35)36-17-15-16-18-41(36)63(56,57)58/h15-25,32-33,51H,11-14H2,1-10H3,(H,52,54)(H,53,55)(H,56,57,58)(H,59,60,61)/b50-34-. The summed E-state index contributed by atoms with van der Waals surface area (Å²) in [6.07, 6.45) is 2.71. The Morgan fingerprint density at radius 3 is 1.72 bits per heavy atom. The number of carbonyl (C=O) groups excluding carboxylic acids is 2. The van der Waals surface area contributed by atoms with Crippen LogP contribution in [-0.4, -0.2) is 37.8 Å². The van der Waals surface area contributed by atoms with Gasteiger partial charge in [0.25, 0.3) is 20.2 Å². The lowest BCUT2D eigenvalue weighted by molar-refractivity contribution is -0.120. The van der Waals surface area contributed by atoms with Crippen LogP contribution in [0.1, 0.15) is 86.8 Å². The maximum absolute atomic E-state index is 13.3. The molecule has 0 aromatic heterocycles. The largest absolute Gasteiger partial charge is 0.456 e. The zero-order chi connectivity index (χ0) is 47.0. The molecule has 6 rings (SSSR count). The van der Waals surface area contributed by atoms with E-state index in [4.69, 9.17) is 9.41 Å². The molecular formula is C49H56N4O9S2. The summed E-state index contributed by atoms with van der Waals surface area (Å²) in [5, 5.41) is 9.97. The fourth-order valence-corrected chi connectivity index (χ4v) is 9.97. The van der Waals surface area contributed by atoms with Gasteiger partial charge in [0, 0.05) is 63.1 Å². The summed E-state index contributed by atoms with van der Waals surface area (Å²) in [6.45, 7) is 19.1. The second-order valence-corrected chi connectivity index (χ2v) is 19.2. The van der Waals surface area contributed by atoms with Crippen LogP contribution in [0.5, 0.6) is 0 Å². The number of anilines is 4. The number of nitrogens with zero attached hydrogens (tertiary/aromatic N) is 1. The van der Waals surface area contributed by atoms with Gasteiger partial charge < -0.3 is 20.4 Å². The molecule has 0 saturated heterocycles. The molecule has 0 unspecified atom stereocenters. The van der Waals surface area contributed by atoms with Crippen molar-refractivity contribution in [3.8, 4) is 22.5 Å². The van der Waals surface area contributed by atoms with Gasteiger partial charge in [-0.15, -0.1) is 0 Å². The van der Waals surface area contributed by atoms with Gasteiger partial charge in [-0.05, 0) is 125 Å². The average molecular weight is 909 g/mol. The first kappa shape index (κ1) is 47.6. The first-order valence-corrected chi connectivity index (χ1v) is 24.2. The predicted molar refractivity (Wildman–Crippen MR) is 253 cm³/mol. The third-order valence-corrected chi connectivity index (χ3v) is 13.9. The third kappa shape index (κ3) is 9.48. The number of hydrogen-bond acceptors (Lipinski definition) is 9. The summed E-state index contributed by atoms with van der Waals surface area (Å²) in [5.74, 6) is -0.318. The maximum Gasteiger partial charge on any atom is 0.296 e. The van der Waals surface area contributed by atoms with Crippen LogP contribution in [-0.2, 0) is 29.8 Å². The smallest absolute Gasteiger partial charge is 0.296 e. The van der Waals surface area contributed by atoms with E-state index in [-0.39, 0.29) is 57.2 Å². The van der Waals surface area contributed by atoms with E-state index in [1.54, 1.807) is 31.2 Å². The average Bonchev–Trinajstić information content (AvgIpc) is 3.23. The first-order valence-electron chi connectivity index (χ1n) is 21.4. The molecule has 0 saturated carbocycles. The van der Waals surface area contributed by atoms with Gasteiger partial charge in [0.15, 0.2) is 0 Å². The molecule has 15 heteroatoms. The van der Waals surface area contributed by atoms with Crippen LogP contribution in [0.15, 0.2) is 85.9 Å². The molecule has 2 aliphatic rings. The molecule has 1 aliphatic carbocycles. The quantitative estimate of drug-likeness (QED) is 0.0516. The number of nitrogens with one attached hydrogen (secondary N) is 3. The Morgan fingerprint density at radius 1 is 0.625 bits per heavy atom. The zero-order valence-electron chi connectivity index (χ0n) is 37.8. The molecule has 2 amide bonds. The molecule has 0 atom stereocenters. The molecule has 1 aliphatic heterocycles. The molecule has 13 nitrogen and oxygen atoms in total. The molecule has 0 radical (unpaired) electrons. The highest BCUT2D eigenvalue weighted by Gasteiger charge is 2.28. The molecule has 5 N–H and O–H groups in total. The van der Waals surface area contributed by atoms with E-state index in [2.05, 4.69) is 16.0 Å². The summed E-state index contributed by atoms with van der Waals surface area (Å²) in [5.41, 5.74) is 7.67. The van der Waals surface area contributed by atoms with Crippen molar-refractivity contribution in [3.05, 3.63) is 105 Å². The van der Waals surface area contributed by atoms with Crippen molar-refractivity contribution in [2.24, 2.45) is 16.8 Å². The van der Waals surface area contributed by atoms with Crippen LogP contribution < -0.4 is 21.3 Å². The van der Waals surface area contributed by atoms with E-state index in [1.807, 2.05) is 74.4 Å². The molecule has 4 aromatic carbocycles. The van der Waals surface area contributed by atoms with Gasteiger partial charge >= 0.3 is 0 Å². The molecule has 0 bridgehead atoms. The Kier molecular flexibility index (Phi) is 13.9. The fourth-order valence-electron chi connectivity index (χ4n) is 8.62. The summed E-state index contributed by atoms with van der Waals surface area (Å²) in [4.78, 5) is 30.5. The summed E-state index contributed by atoms with van der Waals surface area (Å²) < 4.78 is 80.1. The van der Waals surface area contributed by atoms with Crippen molar-refractivity contribution in [3.63, 3.8) is 0 Å². The second-order valence-electron chi connectivity index (χ2n) is 16.4. The molecule has 0 spiro atoms. The maximum atomic E-state index is 13.3. The minimum atomic E-state index is -4.97. The number of carbonyl (C=O) groups is 2. The van der Waals surface area contributed by atoms with E-state index >= 15 is 0 Å². The normalized spacial score (nSPS) is 12.4. The van der Waals surface area contributed by atoms with Gasteiger partial charge in [-0.2, -0.15) is 16.8 Å². The van der Waals surface area contributed by atoms with Crippen molar-refractivity contribution in [1.82, 2.24) is 0 Å². The topological polar surface area (TPSA) is 204 Å². The van der Waals surface area contributed by atoms with E-state index in [9.17, 15) is 35.5 Å². The van der Waals surface area contributed by atoms with Gasteiger partial charge in [-0.1, -0.05) is 58.0 Å². The van der Waals surface area contributed by atoms with Crippen LogP contribution in [0.25, 0.3) is 33.4 Å². The van der Waals surface area contributed by atoms with E-state index in [1.165, 1.54) is 30.3 Å². The highest BCUT2D eigenvalue weighted by atomic mass is 32.2. The third-order valence-electron chi connectivity index (χ3n) is 12.1. The van der Waals surface area contributed by atoms with Crippen LogP contribution in [0, 0.1) is 53.4 Å². The van der Waals surface area contributed by atoms with Crippen molar-refractivity contribution >= 4 is 71.5 Å².